The Labute approximate surface area is 269 Å². The molecule has 8 nitrogen and oxygen atoms in total. The zero-order valence-corrected chi connectivity index (χ0v) is 26.9. The fourth-order valence-electron chi connectivity index (χ4n) is 6.29. The normalized spacial score (nSPS) is 22.3. The Hall–Kier alpha value is -5.11. The SMILES string of the molecule is C=CC(C)(C)c1[nH]c2ccccc2c1/C=C1\NC(=O)[C@@]2(C[C@@H](C)C=C[C@H]2/C=C/c2c(O)cc(CC=C(C)C)c(O)c2C=O)NC1=O. The lowest BCUT2D eigenvalue weighted by Gasteiger charge is -2.44. The van der Waals surface area contributed by atoms with Gasteiger partial charge in [-0.3, -0.25) is 14.4 Å². The van der Waals surface area contributed by atoms with Gasteiger partial charge in [0.1, 0.15) is 22.7 Å². The minimum Gasteiger partial charge on any atom is -0.507 e. The lowest BCUT2D eigenvalue weighted by atomic mass is 9.71. The van der Waals surface area contributed by atoms with Crippen LogP contribution in [0.25, 0.3) is 23.1 Å². The van der Waals surface area contributed by atoms with E-state index in [2.05, 4.69) is 22.2 Å². The minimum absolute atomic E-state index is 0.00724. The molecule has 3 atom stereocenters. The molecule has 0 unspecified atom stereocenters. The van der Waals surface area contributed by atoms with Crippen molar-refractivity contribution in [2.75, 3.05) is 0 Å². The van der Waals surface area contributed by atoms with E-state index in [0.717, 1.165) is 27.7 Å². The first-order valence-corrected chi connectivity index (χ1v) is 15.4. The van der Waals surface area contributed by atoms with Gasteiger partial charge in [0.2, 0.25) is 0 Å². The minimum atomic E-state index is -1.31. The van der Waals surface area contributed by atoms with Crippen LogP contribution < -0.4 is 10.6 Å². The Bertz CT molecular complexity index is 1870. The number of benzene rings is 2. The number of amides is 2. The number of carbonyl (C=O) groups excluding carboxylic acids is 3. The van der Waals surface area contributed by atoms with Crippen molar-refractivity contribution in [3.63, 3.8) is 0 Å². The summed E-state index contributed by atoms with van der Waals surface area (Å²) in [4.78, 5) is 43.3. The van der Waals surface area contributed by atoms with E-state index in [1.54, 1.807) is 12.2 Å². The smallest absolute Gasteiger partial charge is 0.268 e. The van der Waals surface area contributed by atoms with Gasteiger partial charge >= 0.3 is 0 Å². The maximum Gasteiger partial charge on any atom is 0.268 e. The summed E-state index contributed by atoms with van der Waals surface area (Å²) in [6, 6.07) is 9.23. The van der Waals surface area contributed by atoms with E-state index in [-0.39, 0.29) is 40.1 Å². The van der Waals surface area contributed by atoms with Crippen LogP contribution in [-0.2, 0) is 21.4 Å². The number of aromatic amines is 1. The highest BCUT2D eigenvalue weighted by atomic mass is 16.3. The molecule has 46 heavy (non-hydrogen) atoms. The summed E-state index contributed by atoms with van der Waals surface area (Å²) in [6.45, 7) is 13.9. The number of fused-ring (bicyclic) bond motifs is 1. The molecule has 1 aliphatic carbocycles. The maximum absolute atomic E-state index is 14.0. The van der Waals surface area contributed by atoms with E-state index in [1.165, 1.54) is 12.1 Å². The van der Waals surface area contributed by atoms with Gasteiger partial charge in [0.05, 0.1) is 5.56 Å². The molecule has 5 rings (SSSR count). The summed E-state index contributed by atoms with van der Waals surface area (Å²) < 4.78 is 0. The molecule has 1 saturated heterocycles. The van der Waals surface area contributed by atoms with Gasteiger partial charge in [0, 0.05) is 44.6 Å². The average molecular weight is 620 g/mol. The number of carbonyl (C=O) groups is 3. The molecular formula is C38H41N3O5. The standard InChI is InChI=1S/C38H41N3O5/c1-7-37(5,6)34-28(26-10-8-9-11-30(26)39-34)19-31-35(45)41-38(36(46)40-31)20-23(4)13-15-25(38)16-17-27-29(21-42)33(44)24(18-32(27)43)14-12-22(2)3/h7-13,15-19,21,23,25,39,43-44H,1,14,20H2,2-6H3,(H,40,46)(H,41,45)/b17-16+,31-19-/t23-,25-,38-/m0/s1. The molecule has 1 spiro atoms. The number of phenolic OH excluding ortho intramolecular Hbond substituents is 2. The van der Waals surface area contributed by atoms with Crippen molar-refractivity contribution in [1.29, 1.82) is 0 Å². The van der Waals surface area contributed by atoms with Crippen molar-refractivity contribution in [2.45, 2.75) is 58.4 Å². The Morgan fingerprint density at radius 1 is 1.11 bits per heavy atom. The van der Waals surface area contributed by atoms with Crippen LogP contribution in [0.2, 0.25) is 0 Å². The second kappa shape index (κ2) is 12.4. The molecule has 1 fully saturated rings. The fraction of sp³-hybridized carbons (Fsp3) is 0.289. The molecule has 8 heteroatoms. The van der Waals surface area contributed by atoms with Gasteiger partial charge in [-0.2, -0.15) is 0 Å². The number of para-hydroxylation sites is 1. The number of piperazine rings is 1. The molecule has 0 saturated carbocycles. The summed E-state index contributed by atoms with van der Waals surface area (Å²) in [5, 5.41) is 28.5. The molecular weight excluding hydrogens is 578 g/mol. The number of H-pyrrole nitrogens is 1. The van der Waals surface area contributed by atoms with Gasteiger partial charge in [-0.15, -0.1) is 6.58 Å². The Balaban J connectivity index is 1.52. The van der Waals surface area contributed by atoms with E-state index in [4.69, 9.17) is 0 Å². The zero-order chi connectivity index (χ0) is 33.4. The summed E-state index contributed by atoms with van der Waals surface area (Å²) in [5.41, 5.74) is 2.49. The third kappa shape index (κ3) is 5.83. The number of aromatic nitrogens is 1. The Morgan fingerprint density at radius 2 is 1.85 bits per heavy atom. The van der Waals surface area contributed by atoms with Crippen molar-refractivity contribution >= 4 is 41.2 Å². The number of hydrogen-bond acceptors (Lipinski definition) is 5. The number of hydrogen-bond donors (Lipinski definition) is 5. The van der Waals surface area contributed by atoms with Crippen molar-refractivity contribution in [3.8, 4) is 11.5 Å². The first-order valence-electron chi connectivity index (χ1n) is 15.4. The first-order chi connectivity index (χ1) is 21.8. The van der Waals surface area contributed by atoms with Crippen molar-refractivity contribution < 1.29 is 24.6 Å². The summed E-state index contributed by atoms with van der Waals surface area (Å²) >= 11 is 0. The third-order valence-electron chi connectivity index (χ3n) is 9.04. The Kier molecular flexibility index (Phi) is 8.67. The van der Waals surface area contributed by atoms with Gasteiger partial charge in [-0.25, -0.2) is 0 Å². The van der Waals surface area contributed by atoms with Gasteiger partial charge in [-0.1, -0.05) is 81.0 Å². The lowest BCUT2D eigenvalue weighted by Crippen LogP contribution is -2.68. The third-order valence-corrected chi connectivity index (χ3v) is 9.04. The lowest BCUT2D eigenvalue weighted by molar-refractivity contribution is -0.138. The molecule has 2 amide bonds. The van der Waals surface area contributed by atoms with Crippen molar-refractivity contribution in [3.05, 3.63) is 107 Å². The number of nitrogens with one attached hydrogen (secondary N) is 3. The quantitative estimate of drug-likeness (QED) is 0.0838. The molecule has 238 valence electrons. The molecule has 1 aliphatic heterocycles. The Morgan fingerprint density at radius 3 is 2.54 bits per heavy atom. The van der Waals surface area contributed by atoms with E-state index in [1.807, 2.05) is 83.2 Å². The van der Waals surface area contributed by atoms with Crippen LogP contribution >= 0.6 is 0 Å². The number of aldehydes is 1. The summed E-state index contributed by atoms with van der Waals surface area (Å²) in [5.74, 6) is -1.78. The largest absolute Gasteiger partial charge is 0.507 e. The summed E-state index contributed by atoms with van der Waals surface area (Å²) in [7, 11) is 0. The average Bonchev–Trinajstić information content (AvgIpc) is 3.39. The fourth-order valence-corrected chi connectivity index (χ4v) is 6.29. The molecule has 2 aliphatic rings. The molecule has 5 N–H and O–H groups in total. The number of allylic oxidation sites excluding steroid dienone is 4. The van der Waals surface area contributed by atoms with Crippen molar-refractivity contribution in [1.82, 2.24) is 15.6 Å². The molecule has 2 aromatic carbocycles. The van der Waals surface area contributed by atoms with E-state index in [9.17, 15) is 24.6 Å². The van der Waals surface area contributed by atoms with Gasteiger partial charge in [0.15, 0.2) is 6.29 Å². The maximum atomic E-state index is 14.0. The second-order valence-corrected chi connectivity index (χ2v) is 13.1. The number of aromatic hydroxyl groups is 2. The van der Waals surface area contributed by atoms with Crippen LogP contribution in [0.15, 0.2) is 78.6 Å². The highest BCUT2D eigenvalue weighted by Crippen LogP contribution is 2.39. The van der Waals surface area contributed by atoms with Gasteiger partial charge in [-0.05, 0) is 50.8 Å². The molecule has 1 aromatic heterocycles. The van der Waals surface area contributed by atoms with E-state index >= 15 is 0 Å². The predicted octanol–water partition coefficient (Wildman–Crippen LogP) is 6.62. The molecule has 3 aromatic rings. The predicted molar refractivity (Wildman–Crippen MR) is 182 cm³/mol. The van der Waals surface area contributed by atoms with Crippen LogP contribution in [0.4, 0.5) is 0 Å². The monoisotopic (exact) mass is 619 g/mol. The van der Waals surface area contributed by atoms with Crippen LogP contribution in [0, 0.1) is 11.8 Å². The zero-order valence-electron chi connectivity index (χ0n) is 26.9. The molecule has 2 heterocycles. The first kappa shape index (κ1) is 32.3. The van der Waals surface area contributed by atoms with E-state index < -0.39 is 22.8 Å². The highest BCUT2D eigenvalue weighted by Gasteiger charge is 2.50. The van der Waals surface area contributed by atoms with Gasteiger partial charge < -0.3 is 25.8 Å². The molecule has 0 radical (unpaired) electrons. The summed E-state index contributed by atoms with van der Waals surface area (Å²) in [6.07, 6.45) is 13.7. The van der Waals surface area contributed by atoms with Gasteiger partial charge in [0.25, 0.3) is 11.8 Å². The number of phenols is 2. The van der Waals surface area contributed by atoms with Crippen LogP contribution in [-0.4, -0.2) is 38.8 Å². The van der Waals surface area contributed by atoms with E-state index in [0.29, 0.717) is 24.7 Å². The highest BCUT2D eigenvalue weighted by molar-refractivity contribution is 6.10. The number of rotatable bonds is 8. The van der Waals surface area contributed by atoms with Crippen LogP contribution in [0.3, 0.4) is 0 Å². The second-order valence-electron chi connectivity index (χ2n) is 13.1. The molecule has 0 bridgehead atoms. The topological polar surface area (TPSA) is 132 Å². The van der Waals surface area contributed by atoms with Crippen molar-refractivity contribution in [2.24, 2.45) is 11.8 Å². The van der Waals surface area contributed by atoms with Crippen LogP contribution in [0.5, 0.6) is 11.5 Å². The van der Waals surface area contributed by atoms with Crippen LogP contribution in [0.1, 0.15) is 73.8 Å².